The molecule has 2 aromatic rings. The Bertz CT molecular complexity index is 625. The molecule has 1 unspecified atom stereocenters. The number of esters is 1. The minimum absolute atomic E-state index is 0.303. The van der Waals surface area contributed by atoms with E-state index in [0.717, 1.165) is 16.9 Å². The number of carbonyl (C=O) groups excluding carboxylic acids is 1. The second-order valence-electron chi connectivity index (χ2n) is 4.37. The van der Waals surface area contributed by atoms with Crippen molar-refractivity contribution in [3.8, 4) is 0 Å². The summed E-state index contributed by atoms with van der Waals surface area (Å²) >= 11 is 12.1. The summed E-state index contributed by atoms with van der Waals surface area (Å²) in [6.45, 7) is 3.90. The molecule has 6 heteroatoms. The SMILES string of the molecule is CCOC(=O)C(C)n1c(CCCl)nc2cccc(Cl)c21. The number of imidazole rings is 1. The molecule has 0 saturated carbocycles. The lowest BCUT2D eigenvalue weighted by Gasteiger charge is -2.16. The molecule has 0 aliphatic heterocycles. The van der Waals surface area contributed by atoms with Crippen molar-refractivity contribution in [1.29, 1.82) is 0 Å². The number of halogens is 2. The molecule has 108 valence electrons. The van der Waals surface area contributed by atoms with E-state index in [4.69, 9.17) is 27.9 Å². The van der Waals surface area contributed by atoms with E-state index >= 15 is 0 Å². The number of aromatic nitrogens is 2. The van der Waals surface area contributed by atoms with Gasteiger partial charge in [0.05, 0.1) is 22.7 Å². The van der Waals surface area contributed by atoms with Crippen LogP contribution in [0.25, 0.3) is 11.0 Å². The summed E-state index contributed by atoms with van der Waals surface area (Å²) in [4.78, 5) is 16.5. The van der Waals surface area contributed by atoms with Crippen LogP contribution in [0.1, 0.15) is 25.7 Å². The van der Waals surface area contributed by atoms with Gasteiger partial charge in [0.2, 0.25) is 0 Å². The summed E-state index contributed by atoms with van der Waals surface area (Å²) in [6.07, 6.45) is 0.566. The van der Waals surface area contributed by atoms with Crippen molar-refractivity contribution in [2.75, 3.05) is 12.5 Å². The number of nitrogens with zero attached hydrogens (tertiary/aromatic N) is 2. The molecule has 1 aromatic carbocycles. The number of rotatable bonds is 5. The Hall–Kier alpha value is -1.26. The van der Waals surface area contributed by atoms with Gasteiger partial charge in [-0.15, -0.1) is 11.6 Å². The van der Waals surface area contributed by atoms with Gasteiger partial charge in [-0.2, -0.15) is 0 Å². The summed E-state index contributed by atoms with van der Waals surface area (Å²) in [7, 11) is 0. The summed E-state index contributed by atoms with van der Waals surface area (Å²) in [5.74, 6) is 0.863. The molecule has 0 aliphatic rings. The van der Waals surface area contributed by atoms with Crippen molar-refractivity contribution in [2.24, 2.45) is 0 Å². The van der Waals surface area contributed by atoms with Gasteiger partial charge < -0.3 is 9.30 Å². The van der Waals surface area contributed by atoms with Crippen LogP contribution in [0.3, 0.4) is 0 Å². The zero-order valence-corrected chi connectivity index (χ0v) is 12.9. The molecule has 1 heterocycles. The van der Waals surface area contributed by atoms with Crippen molar-refractivity contribution < 1.29 is 9.53 Å². The van der Waals surface area contributed by atoms with Crippen LogP contribution in [0.2, 0.25) is 5.02 Å². The van der Waals surface area contributed by atoms with E-state index in [2.05, 4.69) is 4.98 Å². The molecule has 0 fully saturated rings. The van der Waals surface area contributed by atoms with Gasteiger partial charge in [-0.1, -0.05) is 17.7 Å². The standard InChI is InChI=1S/C14H16Cl2N2O2/c1-3-20-14(19)9(2)18-12(7-8-15)17-11-6-4-5-10(16)13(11)18/h4-6,9H,3,7-8H2,1-2H3. The average Bonchev–Trinajstić information content (AvgIpc) is 2.78. The minimum Gasteiger partial charge on any atom is -0.464 e. The number of fused-ring (bicyclic) bond motifs is 1. The fourth-order valence-corrected chi connectivity index (χ4v) is 2.63. The molecule has 0 bridgehead atoms. The third-order valence-electron chi connectivity index (χ3n) is 3.07. The number of aryl methyl sites for hydroxylation is 1. The fourth-order valence-electron chi connectivity index (χ4n) is 2.20. The highest BCUT2D eigenvalue weighted by Gasteiger charge is 2.23. The molecule has 0 radical (unpaired) electrons. The van der Waals surface area contributed by atoms with Gasteiger partial charge in [-0.3, -0.25) is 0 Å². The number of para-hydroxylation sites is 1. The highest BCUT2D eigenvalue weighted by Crippen LogP contribution is 2.28. The molecule has 1 aromatic heterocycles. The quantitative estimate of drug-likeness (QED) is 0.625. The smallest absolute Gasteiger partial charge is 0.328 e. The minimum atomic E-state index is -0.488. The Morgan fingerprint density at radius 1 is 1.50 bits per heavy atom. The number of ether oxygens (including phenoxy) is 1. The van der Waals surface area contributed by atoms with Gasteiger partial charge in [-0.05, 0) is 26.0 Å². The van der Waals surface area contributed by atoms with E-state index in [-0.39, 0.29) is 5.97 Å². The molecular formula is C14H16Cl2N2O2. The van der Waals surface area contributed by atoms with Crippen molar-refractivity contribution in [3.63, 3.8) is 0 Å². The Balaban J connectivity index is 2.58. The fraction of sp³-hybridized carbons (Fsp3) is 0.429. The van der Waals surface area contributed by atoms with Crippen molar-refractivity contribution in [1.82, 2.24) is 9.55 Å². The molecule has 0 aliphatic carbocycles. The van der Waals surface area contributed by atoms with Crippen LogP contribution >= 0.6 is 23.2 Å². The second kappa shape index (κ2) is 6.46. The van der Waals surface area contributed by atoms with E-state index in [1.807, 2.05) is 16.7 Å². The molecule has 4 nitrogen and oxygen atoms in total. The predicted molar refractivity (Wildman–Crippen MR) is 80.5 cm³/mol. The molecule has 20 heavy (non-hydrogen) atoms. The lowest BCUT2D eigenvalue weighted by Crippen LogP contribution is -2.21. The van der Waals surface area contributed by atoms with Crippen LogP contribution in [-0.4, -0.2) is 28.0 Å². The first-order valence-corrected chi connectivity index (χ1v) is 7.39. The van der Waals surface area contributed by atoms with Crippen LogP contribution in [0.4, 0.5) is 0 Å². The second-order valence-corrected chi connectivity index (χ2v) is 5.16. The third kappa shape index (κ3) is 2.76. The van der Waals surface area contributed by atoms with Gasteiger partial charge in [0, 0.05) is 12.3 Å². The highest BCUT2D eigenvalue weighted by atomic mass is 35.5. The maximum atomic E-state index is 12.0. The van der Waals surface area contributed by atoms with E-state index in [1.165, 1.54) is 0 Å². The Morgan fingerprint density at radius 3 is 2.90 bits per heavy atom. The first-order chi connectivity index (χ1) is 9.60. The molecule has 0 saturated heterocycles. The number of hydrogen-bond donors (Lipinski definition) is 0. The zero-order chi connectivity index (χ0) is 14.7. The monoisotopic (exact) mass is 314 g/mol. The van der Waals surface area contributed by atoms with Gasteiger partial charge in [0.1, 0.15) is 11.9 Å². The maximum absolute atomic E-state index is 12.0. The van der Waals surface area contributed by atoms with E-state index in [0.29, 0.717) is 23.9 Å². The zero-order valence-electron chi connectivity index (χ0n) is 11.4. The molecule has 0 N–H and O–H groups in total. The maximum Gasteiger partial charge on any atom is 0.328 e. The third-order valence-corrected chi connectivity index (χ3v) is 3.56. The van der Waals surface area contributed by atoms with Gasteiger partial charge in [-0.25, -0.2) is 9.78 Å². The Morgan fingerprint density at radius 2 is 2.25 bits per heavy atom. The topological polar surface area (TPSA) is 44.1 Å². The first kappa shape index (κ1) is 15.1. The molecule has 1 atom stereocenters. The van der Waals surface area contributed by atoms with Gasteiger partial charge >= 0.3 is 5.97 Å². The van der Waals surface area contributed by atoms with Crippen molar-refractivity contribution in [3.05, 3.63) is 29.0 Å². The lowest BCUT2D eigenvalue weighted by atomic mass is 10.2. The Labute approximate surface area is 127 Å². The number of carbonyl (C=O) groups is 1. The lowest BCUT2D eigenvalue weighted by molar-refractivity contribution is -0.146. The number of alkyl halides is 1. The molecule has 2 rings (SSSR count). The first-order valence-electron chi connectivity index (χ1n) is 6.48. The van der Waals surface area contributed by atoms with E-state index in [1.54, 1.807) is 19.9 Å². The van der Waals surface area contributed by atoms with E-state index < -0.39 is 6.04 Å². The van der Waals surface area contributed by atoms with Crippen LogP contribution < -0.4 is 0 Å². The summed E-state index contributed by atoms with van der Waals surface area (Å²) in [6, 6.07) is 5.00. The highest BCUT2D eigenvalue weighted by molar-refractivity contribution is 6.35. The molecule has 0 amide bonds. The number of hydrogen-bond acceptors (Lipinski definition) is 3. The van der Waals surface area contributed by atoms with Crippen LogP contribution in [0, 0.1) is 0 Å². The Kier molecular flexibility index (Phi) is 4.89. The van der Waals surface area contributed by atoms with Crippen LogP contribution in [0.15, 0.2) is 18.2 Å². The summed E-state index contributed by atoms with van der Waals surface area (Å²) < 4.78 is 6.90. The largest absolute Gasteiger partial charge is 0.464 e. The summed E-state index contributed by atoms with van der Waals surface area (Å²) in [5, 5.41) is 0.562. The van der Waals surface area contributed by atoms with Crippen LogP contribution in [-0.2, 0) is 16.0 Å². The molecular weight excluding hydrogens is 299 g/mol. The number of benzene rings is 1. The summed E-state index contributed by atoms with van der Waals surface area (Å²) in [5.41, 5.74) is 1.50. The van der Waals surface area contributed by atoms with E-state index in [9.17, 15) is 4.79 Å². The van der Waals surface area contributed by atoms with Crippen LogP contribution in [0.5, 0.6) is 0 Å². The molecule has 0 spiro atoms. The average molecular weight is 315 g/mol. The van der Waals surface area contributed by atoms with Crippen molar-refractivity contribution in [2.45, 2.75) is 26.3 Å². The van der Waals surface area contributed by atoms with Crippen molar-refractivity contribution >= 4 is 40.2 Å². The predicted octanol–water partition coefficient (Wildman–Crippen LogP) is 3.60. The van der Waals surface area contributed by atoms with Gasteiger partial charge in [0.15, 0.2) is 0 Å². The normalized spacial score (nSPS) is 12.6. The van der Waals surface area contributed by atoms with Gasteiger partial charge in [0.25, 0.3) is 0 Å².